The number of carbonyl (C=O) groups excluding carboxylic acids is 3. The second-order valence-electron chi connectivity index (χ2n) is 17.0. The van der Waals surface area contributed by atoms with E-state index in [1.807, 2.05) is 87.5 Å². The molecule has 0 radical (unpaired) electrons. The van der Waals surface area contributed by atoms with Gasteiger partial charge < -0.3 is 53.6 Å². The van der Waals surface area contributed by atoms with Crippen LogP contribution in [0, 0.1) is 11.3 Å². The van der Waals surface area contributed by atoms with Crippen molar-refractivity contribution in [2.75, 3.05) is 52.8 Å². The van der Waals surface area contributed by atoms with Gasteiger partial charge in [-0.05, 0) is 83.3 Å². The van der Waals surface area contributed by atoms with Gasteiger partial charge in [0, 0.05) is 47.5 Å². The molecule has 2 aromatic heterocycles. The van der Waals surface area contributed by atoms with Crippen molar-refractivity contribution >= 4 is 39.0 Å². The lowest BCUT2D eigenvalue weighted by Crippen LogP contribution is -2.50. The molecule has 1 aliphatic heterocycles. The van der Waals surface area contributed by atoms with E-state index in [0.717, 1.165) is 31.7 Å². The molecule has 3 atom stereocenters. The van der Waals surface area contributed by atoms with Crippen LogP contribution in [0.3, 0.4) is 0 Å². The number of aliphatic hydroxyl groups excluding tert-OH is 1. The van der Waals surface area contributed by atoms with E-state index in [4.69, 9.17) is 28.1 Å². The summed E-state index contributed by atoms with van der Waals surface area (Å²) < 4.78 is 35.2. The normalized spacial score (nSPS) is 15.5. The number of nitrogens with zero attached hydrogens (tertiary/aromatic N) is 2. The highest BCUT2D eigenvalue weighted by atomic mass is 32.1. The first kappa shape index (κ1) is 47.7. The molecule has 1 aliphatic rings. The first-order valence-electron chi connectivity index (χ1n) is 21.8. The van der Waals surface area contributed by atoms with Crippen molar-refractivity contribution < 1.29 is 57.8 Å². The number of ketones is 1. The van der Waals surface area contributed by atoms with Gasteiger partial charge in [0.05, 0.1) is 50.2 Å². The highest BCUT2D eigenvalue weighted by Crippen LogP contribution is 2.47. The maximum absolute atomic E-state index is 14.0. The number of β-amino-alcohol motifs (C(OH)–C–C–N with tert-alkyl or cyclic N) is 1. The quantitative estimate of drug-likeness (QED) is 0.0483. The number of likely N-dealkylation sites (tertiary alicyclic amines) is 1. The van der Waals surface area contributed by atoms with Gasteiger partial charge >= 0.3 is 0 Å². The number of thiophene rings is 1. The predicted octanol–water partition coefficient (Wildman–Crippen LogP) is 7.76. The van der Waals surface area contributed by atoms with Crippen molar-refractivity contribution in [3.63, 3.8) is 0 Å². The number of carbonyl (C=O) groups is 3. The largest absolute Gasteiger partial charge is 0.508 e. The van der Waals surface area contributed by atoms with Crippen LogP contribution in [0.25, 0.3) is 31.9 Å². The van der Waals surface area contributed by atoms with Crippen molar-refractivity contribution in [3.05, 3.63) is 109 Å². The number of phenols is 2. The van der Waals surface area contributed by atoms with Crippen molar-refractivity contribution in [1.82, 2.24) is 15.2 Å². The van der Waals surface area contributed by atoms with Gasteiger partial charge in [-0.1, -0.05) is 45.0 Å². The van der Waals surface area contributed by atoms with Crippen molar-refractivity contribution in [2.24, 2.45) is 11.3 Å². The van der Waals surface area contributed by atoms with Gasteiger partial charge in [0.15, 0.2) is 23.7 Å². The molecule has 2 amide bonds. The topological polar surface area (TPSA) is 199 Å². The SMILES string of the molecule is CC(C)(C)[C@H](CC(=O)COCCOCCOCCOc1ccc(Oc2c(-c3ccc(O)cc3)sc3cc(O)ccc23)cc1)C(=O)N1C[C@H](O)C[C@H]1C(=O)NCc1ccc(-c2cnco2)cc1. The smallest absolute Gasteiger partial charge is 0.243 e. The predicted molar refractivity (Wildman–Crippen MR) is 248 cm³/mol. The van der Waals surface area contributed by atoms with Crippen LogP contribution in [0.4, 0.5) is 0 Å². The summed E-state index contributed by atoms with van der Waals surface area (Å²) in [5, 5.41) is 34.1. The zero-order valence-corrected chi connectivity index (χ0v) is 38.0. The first-order chi connectivity index (χ1) is 31.8. The fourth-order valence-corrected chi connectivity index (χ4v) is 8.71. The summed E-state index contributed by atoms with van der Waals surface area (Å²) in [6.45, 7) is 7.42. The van der Waals surface area contributed by atoms with Crippen LogP contribution in [0.1, 0.15) is 39.2 Å². The van der Waals surface area contributed by atoms with Crippen molar-refractivity contribution in [3.8, 4) is 50.5 Å². The summed E-state index contributed by atoms with van der Waals surface area (Å²) in [6.07, 6.45) is 2.16. The number of fused-ring (bicyclic) bond motifs is 1. The zero-order chi connectivity index (χ0) is 46.6. The summed E-state index contributed by atoms with van der Waals surface area (Å²) >= 11 is 1.49. The Morgan fingerprint density at radius 2 is 1.48 bits per heavy atom. The number of phenolic OH excluding ortho intramolecular Hbond substituents is 2. The van der Waals surface area contributed by atoms with E-state index in [9.17, 15) is 29.7 Å². The minimum Gasteiger partial charge on any atom is -0.508 e. The van der Waals surface area contributed by atoms with Gasteiger partial charge in [0.25, 0.3) is 0 Å². The van der Waals surface area contributed by atoms with Gasteiger partial charge in [-0.2, -0.15) is 0 Å². The third kappa shape index (κ3) is 12.7. The van der Waals surface area contributed by atoms with E-state index in [2.05, 4.69) is 10.3 Å². The number of Topliss-reactive ketones (excluding diaryl/α,β-unsaturated/α-hetero) is 1. The zero-order valence-electron chi connectivity index (χ0n) is 37.1. The van der Waals surface area contributed by atoms with E-state index in [0.29, 0.717) is 49.4 Å². The molecule has 4 aromatic carbocycles. The van der Waals surface area contributed by atoms with Crippen LogP contribution in [-0.2, 0) is 35.1 Å². The minimum absolute atomic E-state index is 0.00694. The third-order valence-electron chi connectivity index (χ3n) is 11.1. The van der Waals surface area contributed by atoms with Crippen molar-refractivity contribution in [1.29, 1.82) is 0 Å². The van der Waals surface area contributed by atoms with E-state index in [1.165, 1.54) is 22.6 Å². The van der Waals surface area contributed by atoms with Crippen LogP contribution in [0.15, 0.2) is 108 Å². The lowest BCUT2D eigenvalue weighted by molar-refractivity contribution is -0.146. The molecule has 0 bridgehead atoms. The third-order valence-corrected chi connectivity index (χ3v) is 12.3. The van der Waals surface area contributed by atoms with E-state index in [-0.39, 0.29) is 74.8 Å². The maximum atomic E-state index is 14.0. The molecule has 15 nitrogen and oxygen atoms in total. The number of aromatic hydroxyl groups is 2. The number of nitrogens with one attached hydrogen (secondary N) is 1. The number of aliphatic hydroxyl groups is 1. The van der Waals surface area contributed by atoms with E-state index >= 15 is 0 Å². The lowest BCUT2D eigenvalue weighted by atomic mass is 9.77. The number of benzene rings is 4. The van der Waals surface area contributed by atoms with Crippen LogP contribution in [0.5, 0.6) is 28.7 Å². The second kappa shape index (κ2) is 22.3. The number of rotatable bonds is 22. The van der Waals surface area contributed by atoms with Crippen molar-refractivity contribution in [2.45, 2.75) is 52.3 Å². The molecule has 66 heavy (non-hydrogen) atoms. The number of ether oxygens (including phenoxy) is 5. The highest BCUT2D eigenvalue weighted by Gasteiger charge is 2.44. The summed E-state index contributed by atoms with van der Waals surface area (Å²) in [5.74, 6) is 1.18. The van der Waals surface area contributed by atoms with Gasteiger partial charge in [-0.25, -0.2) is 4.98 Å². The van der Waals surface area contributed by atoms with Gasteiger partial charge in [0.2, 0.25) is 11.8 Å². The average Bonchev–Trinajstić information content (AvgIpc) is 4.07. The molecule has 7 rings (SSSR count). The molecule has 348 valence electrons. The Morgan fingerprint density at radius 1 is 0.833 bits per heavy atom. The Balaban J connectivity index is 0.770. The lowest BCUT2D eigenvalue weighted by Gasteiger charge is -2.34. The fourth-order valence-electron chi connectivity index (χ4n) is 7.54. The fraction of sp³-hybridized carbons (Fsp3) is 0.360. The average molecular weight is 922 g/mol. The van der Waals surface area contributed by atoms with Crippen LogP contribution < -0.4 is 14.8 Å². The number of hydrogen-bond donors (Lipinski definition) is 4. The van der Waals surface area contributed by atoms with Gasteiger partial charge in [-0.3, -0.25) is 14.4 Å². The molecular formula is C50H55N3O12S. The van der Waals surface area contributed by atoms with Crippen LogP contribution in [0.2, 0.25) is 0 Å². The summed E-state index contributed by atoms with van der Waals surface area (Å²) in [7, 11) is 0. The summed E-state index contributed by atoms with van der Waals surface area (Å²) in [6, 6.07) is 25.9. The molecule has 0 aliphatic carbocycles. The van der Waals surface area contributed by atoms with Gasteiger partial charge in [-0.15, -0.1) is 11.3 Å². The molecule has 4 N–H and O–H groups in total. The Hall–Kier alpha value is -6.30. The molecule has 1 fully saturated rings. The number of amides is 2. The molecule has 0 saturated carbocycles. The highest BCUT2D eigenvalue weighted by molar-refractivity contribution is 7.22. The Labute approximate surface area is 386 Å². The van der Waals surface area contributed by atoms with Crippen LogP contribution >= 0.6 is 11.3 Å². The molecular weight excluding hydrogens is 867 g/mol. The van der Waals surface area contributed by atoms with E-state index in [1.54, 1.807) is 30.5 Å². The maximum Gasteiger partial charge on any atom is 0.243 e. The molecule has 1 saturated heterocycles. The molecule has 6 aromatic rings. The van der Waals surface area contributed by atoms with Crippen LogP contribution in [-0.4, -0.2) is 108 Å². The summed E-state index contributed by atoms with van der Waals surface area (Å²) in [4.78, 5) is 46.6. The second-order valence-corrected chi connectivity index (χ2v) is 18.1. The minimum atomic E-state index is -0.865. The van der Waals surface area contributed by atoms with Gasteiger partial charge in [0.1, 0.15) is 42.3 Å². The molecule has 0 unspecified atom stereocenters. The monoisotopic (exact) mass is 921 g/mol. The molecule has 16 heteroatoms. The first-order valence-corrected chi connectivity index (χ1v) is 22.6. The molecule has 3 heterocycles. The molecule has 0 spiro atoms. The Morgan fingerprint density at radius 3 is 2.17 bits per heavy atom. The number of oxazole rings is 1. The Kier molecular flexibility index (Phi) is 16.1. The number of aromatic nitrogens is 1. The number of hydrogen-bond acceptors (Lipinski definition) is 14. The van der Waals surface area contributed by atoms with E-state index < -0.39 is 23.5 Å². The standard InChI is InChI=1S/C50H55N3O12S/c1-50(2,3)42(49(59)53-29-37(56)25-43(53)48(58)52-27-32-4-6-33(7-5-32)44-28-51-31-64-44)24-38(57)30-62-21-20-60-18-19-61-22-23-63-39-13-15-40(16-14-39)65-46-41-17-12-36(55)26-45(41)66-47(46)34-8-10-35(54)11-9-34/h4-17,26,28,31,37,42-43,54-56H,18-25,27,29-30H2,1-3H3,(H,52,58)/t37-,42-,43+/m1/s1. The summed E-state index contributed by atoms with van der Waals surface area (Å²) in [5.41, 5.74) is 1.98. The Bertz CT molecular complexity index is 2520.